The number of nitrogens with one attached hydrogen (secondary N) is 1. The zero-order chi connectivity index (χ0) is 5.98. The van der Waals surface area contributed by atoms with Crippen LogP contribution in [-0.2, 0) is 0 Å². The topological polar surface area (TPSA) is 44.0 Å². The predicted octanol–water partition coefficient (Wildman–Crippen LogP) is 0.573. The minimum Gasteiger partial charge on any atom is -0.393 e. The van der Waals surface area contributed by atoms with Gasteiger partial charge in [-0.3, -0.25) is 5.73 Å². The second-order valence-electron chi connectivity index (χ2n) is 2.51. The average molecular weight is 114 g/mol. The van der Waals surface area contributed by atoms with Gasteiger partial charge in [0.05, 0.1) is 6.10 Å². The van der Waals surface area contributed by atoms with Gasteiger partial charge in [0.25, 0.3) is 0 Å². The van der Waals surface area contributed by atoms with E-state index in [1.807, 2.05) is 0 Å². The molecule has 2 N–H and O–H groups in total. The van der Waals surface area contributed by atoms with Gasteiger partial charge in [-0.2, -0.15) is 0 Å². The fraction of sp³-hybridized carbons (Fsp3) is 1.00. The van der Waals surface area contributed by atoms with Crippen molar-refractivity contribution in [3.8, 4) is 0 Å². The van der Waals surface area contributed by atoms with Gasteiger partial charge < -0.3 is 5.11 Å². The monoisotopic (exact) mass is 114 g/mol. The van der Waals surface area contributed by atoms with Crippen LogP contribution in [0.5, 0.6) is 0 Å². The van der Waals surface area contributed by atoms with Crippen molar-refractivity contribution >= 4 is 0 Å². The van der Waals surface area contributed by atoms with Crippen molar-refractivity contribution in [1.82, 2.24) is 5.73 Å². The van der Waals surface area contributed by atoms with Gasteiger partial charge >= 0.3 is 0 Å². The summed E-state index contributed by atoms with van der Waals surface area (Å²) in [6.07, 6.45) is 3.36. The number of aliphatic hydroxyl groups is 1. The van der Waals surface area contributed by atoms with E-state index in [9.17, 15) is 0 Å². The van der Waals surface area contributed by atoms with Crippen LogP contribution in [-0.4, -0.2) is 17.3 Å². The van der Waals surface area contributed by atoms with Crippen molar-refractivity contribution in [3.05, 3.63) is 0 Å². The first-order chi connectivity index (χ1) is 3.79. The summed E-state index contributed by atoms with van der Waals surface area (Å²) < 4.78 is 0. The Morgan fingerprint density at radius 3 is 2.00 bits per heavy atom. The summed E-state index contributed by atoms with van der Waals surface area (Å²) in [7, 11) is 0. The van der Waals surface area contributed by atoms with Crippen LogP contribution in [0, 0.1) is 0 Å². The number of rotatable bonds is 0. The minimum absolute atomic E-state index is 0.100. The third-order valence-electron chi connectivity index (χ3n) is 1.70. The molecule has 1 aliphatic rings. The van der Waals surface area contributed by atoms with Crippen molar-refractivity contribution in [2.75, 3.05) is 0 Å². The fourth-order valence-corrected chi connectivity index (χ4v) is 1.08. The molecule has 0 unspecified atom stereocenters. The molecule has 0 saturated heterocycles. The summed E-state index contributed by atoms with van der Waals surface area (Å²) in [4.78, 5) is 0. The van der Waals surface area contributed by atoms with Crippen LogP contribution in [0.3, 0.4) is 0 Å². The number of hydrogen-bond donors (Lipinski definition) is 1. The molecular weight excluding hydrogens is 102 g/mol. The second-order valence-corrected chi connectivity index (χ2v) is 2.51. The van der Waals surface area contributed by atoms with E-state index < -0.39 is 0 Å². The van der Waals surface area contributed by atoms with E-state index in [4.69, 9.17) is 10.8 Å². The molecule has 2 nitrogen and oxygen atoms in total. The minimum atomic E-state index is -0.100. The van der Waals surface area contributed by atoms with Crippen LogP contribution in [0.2, 0.25) is 0 Å². The molecular formula is C6H12NO. The third-order valence-corrected chi connectivity index (χ3v) is 1.70. The fourth-order valence-electron chi connectivity index (χ4n) is 1.08. The summed E-state index contributed by atoms with van der Waals surface area (Å²) in [6.45, 7) is 0. The first-order valence-electron chi connectivity index (χ1n) is 3.18. The van der Waals surface area contributed by atoms with Gasteiger partial charge in [-0.1, -0.05) is 0 Å². The van der Waals surface area contributed by atoms with E-state index in [0.717, 1.165) is 25.7 Å². The molecule has 0 heterocycles. The van der Waals surface area contributed by atoms with E-state index in [2.05, 4.69) is 0 Å². The molecule has 0 amide bonds. The molecule has 0 aromatic heterocycles. The molecule has 1 aliphatic carbocycles. The van der Waals surface area contributed by atoms with Crippen LogP contribution >= 0.6 is 0 Å². The molecule has 1 rings (SSSR count). The number of aliphatic hydroxyl groups excluding tert-OH is 1. The van der Waals surface area contributed by atoms with Crippen molar-refractivity contribution in [2.45, 2.75) is 37.8 Å². The SMILES string of the molecule is [NH][C@H]1CC[C@@H](O)CC1. The summed E-state index contributed by atoms with van der Waals surface area (Å²) in [5.74, 6) is 0. The van der Waals surface area contributed by atoms with Gasteiger partial charge in [0, 0.05) is 6.04 Å². The molecule has 1 radical (unpaired) electrons. The molecule has 0 aromatic rings. The van der Waals surface area contributed by atoms with Crippen molar-refractivity contribution in [1.29, 1.82) is 0 Å². The van der Waals surface area contributed by atoms with Gasteiger partial charge in [-0.05, 0) is 25.7 Å². The third kappa shape index (κ3) is 1.46. The van der Waals surface area contributed by atoms with E-state index in [1.54, 1.807) is 0 Å². The lowest BCUT2D eigenvalue weighted by molar-refractivity contribution is 0.122. The van der Waals surface area contributed by atoms with Crippen molar-refractivity contribution in [3.63, 3.8) is 0 Å². The molecule has 1 fully saturated rings. The molecule has 0 aliphatic heterocycles. The van der Waals surface area contributed by atoms with E-state index in [1.165, 1.54) is 0 Å². The summed E-state index contributed by atoms with van der Waals surface area (Å²) in [6, 6.07) is 0.110. The van der Waals surface area contributed by atoms with Crippen LogP contribution in [0.4, 0.5) is 0 Å². The highest BCUT2D eigenvalue weighted by Crippen LogP contribution is 2.16. The lowest BCUT2D eigenvalue weighted by Crippen LogP contribution is -2.22. The second kappa shape index (κ2) is 2.46. The molecule has 0 aromatic carbocycles. The predicted molar refractivity (Wildman–Crippen MR) is 31.4 cm³/mol. The molecule has 0 atom stereocenters. The average Bonchev–Trinajstić information content (AvgIpc) is 1.77. The van der Waals surface area contributed by atoms with Crippen LogP contribution < -0.4 is 5.73 Å². The highest BCUT2D eigenvalue weighted by Gasteiger charge is 2.15. The maximum atomic E-state index is 8.94. The van der Waals surface area contributed by atoms with Gasteiger partial charge in [-0.25, -0.2) is 0 Å². The highest BCUT2D eigenvalue weighted by atomic mass is 16.3. The lowest BCUT2D eigenvalue weighted by Gasteiger charge is -2.20. The first-order valence-corrected chi connectivity index (χ1v) is 3.18. The summed E-state index contributed by atoms with van der Waals surface area (Å²) in [5, 5.41) is 8.94. The van der Waals surface area contributed by atoms with E-state index in [-0.39, 0.29) is 12.1 Å². The Kier molecular flexibility index (Phi) is 1.86. The lowest BCUT2D eigenvalue weighted by atomic mass is 9.94. The zero-order valence-electron chi connectivity index (χ0n) is 4.93. The summed E-state index contributed by atoms with van der Waals surface area (Å²) >= 11 is 0. The molecule has 8 heavy (non-hydrogen) atoms. The standard InChI is InChI=1S/C6H12NO/c7-5-1-3-6(8)4-2-5/h5-8H,1-4H2/t5-,6+. The maximum Gasteiger partial charge on any atom is 0.0541 e. The normalized spacial score (nSPS) is 39.8. The van der Waals surface area contributed by atoms with E-state index in [0.29, 0.717) is 0 Å². The molecule has 47 valence electrons. The molecule has 0 spiro atoms. The largest absolute Gasteiger partial charge is 0.393 e. The Labute approximate surface area is 49.7 Å². The van der Waals surface area contributed by atoms with Crippen LogP contribution in [0.1, 0.15) is 25.7 Å². The van der Waals surface area contributed by atoms with Gasteiger partial charge in [0.15, 0.2) is 0 Å². The smallest absolute Gasteiger partial charge is 0.0541 e. The van der Waals surface area contributed by atoms with Gasteiger partial charge in [-0.15, -0.1) is 0 Å². The van der Waals surface area contributed by atoms with Crippen LogP contribution in [0.25, 0.3) is 0 Å². The Bertz CT molecular complexity index is 56.9. The Balaban J connectivity index is 2.19. The maximum absolute atomic E-state index is 8.94. The number of hydrogen-bond acceptors (Lipinski definition) is 1. The van der Waals surface area contributed by atoms with Gasteiger partial charge in [0.1, 0.15) is 0 Å². The highest BCUT2D eigenvalue weighted by molar-refractivity contribution is 4.72. The van der Waals surface area contributed by atoms with Crippen LogP contribution in [0.15, 0.2) is 0 Å². The Morgan fingerprint density at radius 1 is 1.12 bits per heavy atom. The quantitative estimate of drug-likeness (QED) is 0.491. The van der Waals surface area contributed by atoms with Gasteiger partial charge in [0.2, 0.25) is 0 Å². The molecule has 2 heteroatoms. The zero-order valence-corrected chi connectivity index (χ0v) is 4.93. The Morgan fingerprint density at radius 2 is 1.62 bits per heavy atom. The molecule has 0 bridgehead atoms. The first kappa shape index (κ1) is 6.05. The molecule has 1 saturated carbocycles. The van der Waals surface area contributed by atoms with E-state index >= 15 is 0 Å². The van der Waals surface area contributed by atoms with Crippen molar-refractivity contribution < 1.29 is 5.11 Å². The Hall–Kier alpha value is -0.0800. The van der Waals surface area contributed by atoms with Crippen molar-refractivity contribution in [2.24, 2.45) is 0 Å². The summed E-state index contributed by atoms with van der Waals surface area (Å²) in [5.41, 5.74) is 7.25.